The molecule has 0 saturated heterocycles. The summed E-state index contributed by atoms with van der Waals surface area (Å²) in [6.45, 7) is 0.840. The highest BCUT2D eigenvalue weighted by atomic mass is 32.1. The van der Waals surface area contributed by atoms with Crippen LogP contribution < -0.4 is 5.32 Å². The van der Waals surface area contributed by atoms with Crippen molar-refractivity contribution < 1.29 is 0 Å². The fourth-order valence-electron chi connectivity index (χ4n) is 1.55. The lowest BCUT2D eigenvalue weighted by Crippen LogP contribution is -1.97. The van der Waals surface area contributed by atoms with Crippen molar-refractivity contribution in [2.45, 2.75) is 6.54 Å². The summed E-state index contributed by atoms with van der Waals surface area (Å²) < 4.78 is 0. The number of rotatable bonds is 3. The summed E-state index contributed by atoms with van der Waals surface area (Å²) in [5.74, 6) is 0. The molecule has 80 valence electrons. The number of fused-ring (bicyclic) bond motifs is 1. The molecule has 2 N–H and O–H groups in total. The quantitative estimate of drug-likeness (QED) is 0.727. The van der Waals surface area contributed by atoms with Crippen molar-refractivity contribution in [2.75, 3.05) is 5.32 Å². The summed E-state index contributed by atoms with van der Waals surface area (Å²) in [5, 5.41) is 18.2. The Labute approximate surface area is 96.3 Å². The van der Waals surface area contributed by atoms with E-state index >= 15 is 0 Å². The maximum absolute atomic E-state index is 4.05. The highest BCUT2D eigenvalue weighted by Crippen LogP contribution is 2.16. The van der Waals surface area contributed by atoms with E-state index in [1.807, 2.05) is 18.2 Å². The second-order valence-electron chi connectivity index (χ2n) is 3.51. The number of benzene rings is 1. The molecule has 0 aliphatic rings. The highest BCUT2D eigenvalue weighted by molar-refractivity contribution is 7.07. The molecular weight excluding hydrogens is 220 g/mol. The molecular formula is C11H10N4S. The maximum Gasteiger partial charge on any atom is 0.115 e. The summed E-state index contributed by atoms with van der Waals surface area (Å²) >= 11 is 1.71. The third-order valence-corrected chi connectivity index (χ3v) is 3.13. The molecule has 0 aliphatic heterocycles. The summed E-state index contributed by atoms with van der Waals surface area (Å²) in [4.78, 5) is 0. The molecule has 3 aromatic rings. The van der Waals surface area contributed by atoms with E-state index in [2.05, 4.69) is 37.6 Å². The molecule has 2 heterocycles. The Morgan fingerprint density at radius 1 is 1.19 bits per heavy atom. The minimum Gasteiger partial charge on any atom is -0.381 e. The smallest absolute Gasteiger partial charge is 0.115 e. The zero-order valence-electron chi connectivity index (χ0n) is 8.47. The zero-order chi connectivity index (χ0) is 10.8. The molecule has 0 atom stereocenters. The van der Waals surface area contributed by atoms with Crippen molar-refractivity contribution in [3.63, 3.8) is 0 Å². The van der Waals surface area contributed by atoms with Crippen molar-refractivity contribution in [1.82, 2.24) is 15.4 Å². The molecule has 0 unspecified atom stereocenters. The van der Waals surface area contributed by atoms with Gasteiger partial charge in [0.1, 0.15) is 11.0 Å². The van der Waals surface area contributed by atoms with E-state index in [4.69, 9.17) is 0 Å². The Morgan fingerprint density at radius 2 is 2.12 bits per heavy atom. The van der Waals surface area contributed by atoms with E-state index in [9.17, 15) is 0 Å². The summed E-state index contributed by atoms with van der Waals surface area (Å²) in [5.41, 5.74) is 4.13. The van der Waals surface area contributed by atoms with E-state index in [0.717, 1.165) is 23.3 Å². The monoisotopic (exact) mass is 230 g/mol. The van der Waals surface area contributed by atoms with E-state index < -0.39 is 0 Å². The Hall–Kier alpha value is -1.88. The molecule has 0 bridgehead atoms. The fourth-order valence-corrected chi connectivity index (χ4v) is 2.22. The number of aromatic nitrogens is 3. The van der Waals surface area contributed by atoms with Gasteiger partial charge in [-0.05, 0) is 40.6 Å². The van der Waals surface area contributed by atoms with Gasteiger partial charge >= 0.3 is 0 Å². The van der Waals surface area contributed by atoms with Crippen LogP contribution in [-0.2, 0) is 6.54 Å². The van der Waals surface area contributed by atoms with Gasteiger partial charge in [0, 0.05) is 12.2 Å². The fraction of sp³-hybridized carbons (Fsp3) is 0.0909. The predicted molar refractivity (Wildman–Crippen MR) is 65.5 cm³/mol. The molecule has 0 aliphatic carbocycles. The standard InChI is InChI=1S/C11H10N4S/c1-2-10-11(14-15-13-10)5-9(1)12-6-8-3-4-16-7-8/h1-5,7,12H,6H2,(H,13,14,15). The largest absolute Gasteiger partial charge is 0.381 e. The number of aromatic amines is 1. The SMILES string of the molecule is c1cc(CNc2ccc3n[nH]nc3c2)cs1. The van der Waals surface area contributed by atoms with Crippen LogP contribution >= 0.6 is 11.3 Å². The number of hydrogen-bond donors (Lipinski definition) is 2. The molecule has 0 amide bonds. The Bertz CT molecular complexity index is 585. The normalized spacial score (nSPS) is 10.8. The van der Waals surface area contributed by atoms with Gasteiger partial charge in [-0.2, -0.15) is 26.7 Å². The first-order valence-corrected chi connectivity index (χ1v) is 5.91. The van der Waals surface area contributed by atoms with Crippen LogP contribution in [0.3, 0.4) is 0 Å². The second-order valence-corrected chi connectivity index (χ2v) is 4.29. The van der Waals surface area contributed by atoms with Gasteiger partial charge in [0.15, 0.2) is 0 Å². The second kappa shape index (κ2) is 3.94. The average molecular weight is 230 g/mol. The minimum absolute atomic E-state index is 0.840. The van der Waals surface area contributed by atoms with E-state index in [1.54, 1.807) is 11.3 Å². The van der Waals surface area contributed by atoms with Crippen molar-refractivity contribution in [3.05, 3.63) is 40.6 Å². The van der Waals surface area contributed by atoms with Crippen molar-refractivity contribution in [3.8, 4) is 0 Å². The van der Waals surface area contributed by atoms with Crippen LogP contribution in [0.1, 0.15) is 5.56 Å². The van der Waals surface area contributed by atoms with Crippen LogP contribution in [0.2, 0.25) is 0 Å². The molecule has 5 heteroatoms. The van der Waals surface area contributed by atoms with Crippen LogP contribution in [-0.4, -0.2) is 15.4 Å². The van der Waals surface area contributed by atoms with Crippen LogP contribution in [0.4, 0.5) is 5.69 Å². The Balaban J connectivity index is 1.78. The molecule has 1 aromatic carbocycles. The number of nitrogens with one attached hydrogen (secondary N) is 2. The third-order valence-electron chi connectivity index (χ3n) is 2.39. The van der Waals surface area contributed by atoms with Crippen molar-refractivity contribution in [1.29, 1.82) is 0 Å². The number of hydrogen-bond acceptors (Lipinski definition) is 4. The third kappa shape index (κ3) is 1.77. The lowest BCUT2D eigenvalue weighted by Gasteiger charge is -2.03. The van der Waals surface area contributed by atoms with Crippen molar-refractivity contribution in [2.24, 2.45) is 0 Å². The zero-order valence-corrected chi connectivity index (χ0v) is 9.29. The van der Waals surface area contributed by atoms with Crippen LogP contribution in [0, 0.1) is 0 Å². The van der Waals surface area contributed by atoms with Gasteiger partial charge in [0.25, 0.3) is 0 Å². The first-order chi connectivity index (χ1) is 7.92. The lowest BCUT2D eigenvalue weighted by atomic mass is 10.2. The number of thiophene rings is 1. The van der Waals surface area contributed by atoms with E-state index in [0.29, 0.717) is 0 Å². The van der Waals surface area contributed by atoms with Gasteiger partial charge in [-0.3, -0.25) is 0 Å². The number of nitrogens with zero attached hydrogens (tertiary/aromatic N) is 2. The molecule has 0 spiro atoms. The molecule has 3 rings (SSSR count). The maximum atomic E-state index is 4.05. The summed E-state index contributed by atoms with van der Waals surface area (Å²) in [6, 6.07) is 8.07. The Kier molecular flexibility index (Phi) is 2.30. The predicted octanol–water partition coefficient (Wildman–Crippen LogP) is 2.63. The van der Waals surface area contributed by atoms with Crippen LogP contribution in [0.25, 0.3) is 11.0 Å². The van der Waals surface area contributed by atoms with Crippen LogP contribution in [0.5, 0.6) is 0 Å². The number of H-pyrrole nitrogens is 1. The van der Waals surface area contributed by atoms with Gasteiger partial charge < -0.3 is 5.32 Å². The van der Waals surface area contributed by atoms with Gasteiger partial charge in [0.05, 0.1) is 0 Å². The average Bonchev–Trinajstić information content (AvgIpc) is 2.97. The highest BCUT2D eigenvalue weighted by Gasteiger charge is 1.99. The first kappa shape index (κ1) is 9.35. The van der Waals surface area contributed by atoms with Gasteiger partial charge in [0.2, 0.25) is 0 Å². The lowest BCUT2D eigenvalue weighted by molar-refractivity contribution is 0.959. The molecule has 2 aromatic heterocycles. The molecule has 0 fully saturated rings. The van der Waals surface area contributed by atoms with E-state index in [-0.39, 0.29) is 0 Å². The summed E-state index contributed by atoms with van der Waals surface area (Å²) in [6.07, 6.45) is 0. The van der Waals surface area contributed by atoms with Gasteiger partial charge in [-0.15, -0.1) is 0 Å². The molecule has 4 nitrogen and oxygen atoms in total. The van der Waals surface area contributed by atoms with Crippen LogP contribution in [0.15, 0.2) is 35.0 Å². The topological polar surface area (TPSA) is 53.6 Å². The molecule has 0 radical (unpaired) electrons. The van der Waals surface area contributed by atoms with Gasteiger partial charge in [-0.25, -0.2) is 0 Å². The van der Waals surface area contributed by atoms with Gasteiger partial charge in [-0.1, -0.05) is 0 Å². The molecule has 0 saturated carbocycles. The number of anilines is 1. The Morgan fingerprint density at radius 3 is 3.00 bits per heavy atom. The minimum atomic E-state index is 0.840. The van der Waals surface area contributed by atoms with Crippen molar-refractivity contribution >= 4 is 28.1 Å². The molecule has 16 heavy (non-hydrogen) atoms. The van der Waals surface area contributed by atoms with E-state index in [1.165, 1.54) is 5.56 Å². The summed E-state index contributed by atoms with van der Waals surface area (Å²) in [7, 11) is 0. The first-order valence-electron chi connectivity index (χ1n) is 4.97.